The number of hydrogen-bond donors (Lipinski definition) is 0. The number of carbonyl (C=O) groups is 1. The molecule has 3 rings (SSSR count). The monoisotopic (exact) mass is 377 g/mol. The predicted molar refractivity (Wildman–Crippen MR) is 116 cm³/mol. The molecule has 0 bridgehead atoms. The van der Waals surface area contributed by atoms with Gasteiger partial charge in [-0.15, -0.1) is 0 Å². The van der Waals surface area contributed by atoms with Crippen molar-refractivity contribution in [2.24, 2.45) is 0 Å². The Bertz CT molecular complexity index is 751. The fourth-order valence-corrected chi connectivity index (χ4v) is 8.65. The van der Waals surface area contributed by atoms with Crippen LogP contribution in [0.15, 0.2) is 91.0 Å². The van der Waals surface area contributed by atoms with Crippen LogP contribution in [0.4, 0.5) is 0 Å². The average Bonchev–Trinajstić information content (AvgIpc) is 2.74. The van der Waals surface area contributed by atoms with Gasteiger partial charge < -0.3 is 4.74 Å². The maximum Gasteiger partial charge on any atom is 0.348 e. The average molecular weight is 377 g/mol. The van der Waals surface area contributed by atoms with Crippen molar-refractivity contribution in [2.45, 2.75) is 25.9 Å². The van der Waals surface area contributed by atoms with Gasteiger partial charge in [-0.1, -0.05) is 61.5 Å². The smallest absolute Gasteiger partial charge is 0.348 e. The molecular weight excluding hydrogens is 351 g/mol. The molecule has 1 unspecified atom stereocenters. The summed E-state index contributed by atoms with van der Waals surface area (Å²) in [6.07, 6.45) is 0.727. The van der Waals surface area contributed by atoms with Crippen molar-refractivity contribution in [1.82, 2.24) is 0 Å². The predicted octanol–water partition coefficient (Wildman–Crippen LogP) is 4.32. The second-order valence-electron chi connectivity index (χ2n) is 6.41. The Balaban J connectivity index is 2.37. The van der Waals surface area contributed by atoms with Crippen molar-refractivity contribution in [1.29, 1.82) is 0 Å². The Morgan fingerprint density at radius 1 is 0.741 bits per heavy atom. The van der Waals surface area contributed by atoms with E-state index in [1.165, 1.54) is 15.9 Å². The van der Waals surface area contributed by atoms with Crippen LogP contribution in [-0.4, -0.2) is 18.2 Å². The maximum absolute atomic E-state index is 13.1. The van der Waals surface area contributed by atoms with E-state index in [-0.39, 0.29) is 11.6 Å². The molecule has 138 valence electrons. The van der Waals surface area contributed by atoms with Crippen molar-refractivity contribution in [3.63, 3.8) is 0 Å². The van der Waals surface area contributed by atoms with Crippen LogP contribution < -0.4 is 15.9 Å². The molecule has 1 atom stereocenters. The molecule has 3 heteroatoms. The minimum Gasteiger partial charge on any atom is -0.463 e. The molecular formula is C24H26O2P+. The van der Waals surface area contributed by atoms with Gasteiger partial charge in [-0.05, 0) is 49.7 Å². The molecule has 0 saturated carbocycles. The van der Waals surface area contributed by atoms with E-state index in [1.54, 1.807) is 0 Å². The van der Waals surface area contributed by atoms with Crippen LogP contribution in [-0.2, 0) is 9.53 Å². The van der Waals surface area contributed by atoms with Crippen LogP contribution in [0.1, 0.15) is 20.3 Å². The Morgan fingerprint density at radius 3 is 1.41 bits per heavy atom. The van der Waals surface area contributed by atoms with Gasteiger partial charge in [-0.2, -0.15) is 0 Å². The molecule has 0 aliphatic carbocycles. The SMILES string of the molecule is CCOC(=O)C(CC)[P+](c1ccccc1)(c1ccccc1)c1ccccc1. The van der Waals surface area contributed by atoms with Crippen molar-refractivity contribution >= 4 is 29.1 Å². The van der Waals surface area contributed by atoms with Crippen LogP contribution in [0.2, 0.25) is 0 Å². The van der Waals surface area contributed by atoms with Gasteiger partial charge in [0.15, 0.2) is 5.66 Å². The zero-order chi connectivity index (χ0) is 19.1. The fourth-order valence-electron chi connectivity index (χ4n) is 3.81. The molecule has 0 aliphatic heterocycles. The summed E-state index contributed by atoms with van der Waals surface area (Å²) in [4.78, 5) is 13.1. The summed E-state index contributed by atoms with van der Waals surface area (Å²) >= 11 is 0. The van der Waals surface area contributed by atoms with Gasteiger partial charge in [-0.3, -0.25) is 0 Å². The van der Waals surface area contributed by atoms with E-state index < -0.39 is 7.26 Å². The first kappa shape index (κ1) is 19.3. The summed E-state index contributed by atoms with van der Waals surface area (Å²) in [6.45, 7) is 4.36. The number of benzene rings is 3. The Morgan fingerprint density at radius 2 is 1.11 bits per heavy atom. The summed E-state index contributed by atoms with van der Waals surface area (Å²) in [7, 11) is -2.22. The Kier molecular flexibility index (Phi) is 6.42. The van der Waals surface area contributed by atoms with Crippen LogP contribution >= 0.6 is 7.26 Å². The highest BCUT2D eigenvalue weighted by Crippen LogP contribution is 2.61. The fraction of sp³-hybridized carbons (Fsp3) is 0.208. The molecule has 0 N–H and O–H groups in total. The number of rotatable bonds is 7. The lowest BCUT2D eigenvalue weighted by Crippen LogP contribution is -2.42. The zero-order valence-electron chi connectivity index (χ0n) is 15.9. The highest BCUT2D eigenvalue weighted by atomic mass is 31.2. The Labute approximate surface area is 162 Å². The molecule has 0 spiro atoms. The van der Waals surface area contributed by atoms with Crippen LogP contribution in [0.25, 0.3) is 0 Å². The van der Waals surface area contributed by atoms with Gasteiger partial charge in [0.25, 0.3) is 0 Å². The molecule has 3 aromatic rings. The van der Waals surface area contributed by atoms with E-state index in [4.69, 9.17) is 4.74 Å². The topological polar surface area (TPSA) is 26.3 Å². The van der Waals surface area contributed by atoms with Gasteiger partial charge in [0.1, 0.15) is 23.2 Å². The van der Waals surface area contributed by atoms with Crippen molar-refractivity contribution < 1.29 is 9.53 Å². The molecule has 27 heavy (non-hydrogen) atoms. The van der Waals surface area contributed by atoms with Gasteiger partial charge >= 0.3 is 5.97 Å². The van der Waals surface area contributed by atoms with Crippen LogP contribution in [0, 0.1) is 0 Å². The number of ether oxygens (including phenoxy) is 1. The third kappa shape index (κ3) is 3.68. The molecule has 3 aromatic carbocycles. The molecule has 0 radical (unpaired) electrons. The third-order valence-corrected chi connectivity index (χ3v) is 9.75. The highest BCUT2D eigenvalue weighted by molar-refractivity contribution is 7.96. The molecule has 2 nitrogen and oxygen atoms in total. The van der Waals surface area contributed by atoms with Crippen LogP contribution in [0.5, 0.6) is 0 Å². The largest absolute Gasteiger partial charge is 0.463 e. The van der Waals surface area contributed by atoms with Crippen LogP contribution in [0.3, 0.4) is 0 Å². The van der Waals surface area contributed by atoms with E-state index in [2.05, 4.69) is 79.7 Å². The van der Waals surface area contributed by atoms with E-state index in [0.717, 1.165) is 6.42 Å². The second kappa shape index (κ2) is 8.97. The van der Waals surface area contributed by atoms with Gasteiger partial charge in [0, 0.05) is 0 Å². The Hall–Kier alpha value is -2.44. The van der Waals surface area contributed by atoms with Gasteiger partial charge in [0.05, 0.1) is 6.61 Å². The summed E-state index contributed by atoms with van der Waals surface area (Å²) in [5, 5.41) is 3.63. The standard InChI is InChI=1S/C24H26O2P/c1-3-23(24(25)26-4-2)27(20-14-8-5-9-15-20,21-16-10-6-11-17-21)22-18-12-7-13-19-22/h5-19,23H,3-4H2,1-2H3/q+1. The summed E-state index contributed by atoms with van der Waals surface area (Å²) < 4.78 is 5.55. The third-order valence-electron chi connectivity index (χ3n) is 4.90. The van der Waals surface area contributed by atoms with E-state index in [9.17, 15) is 4.79 Å². The summed E-state index contributed by atoms with van der Waals surface area (Å²) in [5.41, 5.74) is -0.218. The van der Waals surface area contributed by atoms with E-state index in [1.807, 2.05) is 25.1 Å². The molecule has 0 saturated heterocycles. The first-order chi connectivity index (χ1) is 13.2. The highest BCUT2D eigenvalue weighted by Gasteiger charge is 2.55. The lowest BCUT2D eigenvalue weighted by molar-refractivity contribution is -0.142. The quantitative estimate of drug-likeness (QED) is 0.453. The first-order valence-corrected chi connectivity index (χ1v) is 11.3. The van der Waals surface area contributed by atoms with E-state index >= 15 is 0 Å². The lowest BCUT2D eigenvalue weighted by atomic mass is 10.3. The van der Waals surface area contributed by atoms with E-state index in [0.29, 0.717) is 6.61 Å². The minimum atomic E-state index is -2.22. The second-order valence-corrected chi connectivity index (χ2v) is 10.0. The summed E-state index contributed by atoms with van der Waals surface area (Å²) in [6, 6.07) is 31.4. The molecule has 0 heterocycles. The van der Waals surface area contributed by atoms with Gasteiger partial charge in [-0.25, -0.2) is 4.79 Å². The summed E-state index contributed by atoms with van der Waals surface area (Å²) in [5.74, 6) is -0.107. The molecule has 0 fully saturated rings. The van der Waals surface area contributed by atoms with Gasteiger partial charge in [0.2, 0.25) is 0 Å². The number of hydrogen-bond acceptors (Lipinski definition) is 2. The number of esters is 1. The molecule has 0 aromatic heterocycles. The van der Waals surface area contributed by atoms with Crippen molar-refractivity contribution in [3.05, 3.63) is 91.0 Å². The lowest BCUT2D eigenvalue weighted by Gasteiger charge is -2.32. The molecule has 0 amide bonds. The molecule has 0 aliphatic rings. The minimum absolute atomic E-state index is 0.107. The maximum atomic E-state index is 13.1. The number of carbonyl (C=O) groups excluding carboxylic acids is 1. The van der Waals surface area contributed by atoms with Crippen molar-refractivity contribution in [2.75, 3.05) is 6.61 Å². The van der Waals surface area contributed by atoms with Crippen molar-refractivity contribution in [3.8, 4) is 0 Å². The normalized spacial score (nSPS) is 12.4. The first-order valence-electron chi connectivity index (χ1n) is 9.47. The zero-order valence-corrected chi connectivity index (χ0v) is 16.8.